The number of nitrogens with zero attached hydrogens (tertiary/aromatic N) is 3. The molecule has 0 atom stereocenters. The summed E-state index contributed by atoms with van der Waals surface area (Å²) in [6.45, 7) is 7.84. The number of carbonyl (C=O) groups excluding carboxylic acids is 1. The third-order valence-corrected chi connectivity index (χ3v) is 8.04. The van der Waals surface area contributed by atoms with Gasteiger partial charge < -0.3 is 19.5 Å². The highest BCUT2D eigenvalue weighted by Gasteiger charge is 2.28. The summed E-state index contributed by atoms with van der Waals surface area (Å²) in [5.41, 5.74) is 3.32. The van der Waals surface area contributed by atoms with E-state index in [2.05, 4.69) is 33.1 Å². The number of methoxy groups -OCH3 is 1. The zero-order chi connectivity index (χ0) is 21.9. The molecule has 32 heavy (non-hydrogen) atoms. The second kappa shape index (κ2) is 9.94. The van der Waals surface area contributed by atoms with Crippen molar-refractivity contribution in [2.75, 3.05) is 59.5 Å². The number of nitrogens with one attached hydrogen (secondary N) is 1. The Morgan fingerprint density at radius 3 is 2.50 bits per heavy atom. The first-order chi connectivity index (χ1) is 15.7. The number of amides is 1. The van der Waals surface area contributed by atoms with Gasteiger partial charge in [-0.05, 0) is 62.4 Å². The quantitative estimate of drug-likeness (QED) is 0.747. The number of likely N-dealkylation sites (tertiary alicyclic amines) is 1. The summed E-state index contributed by atoms with van der Waals surface area (Å²) in [5.74, 6) is 0.772. The fraction of sp³-hybridized carbons (Fsp3) is 0.654. The normalized spacial score (nSPS) is 22.2. The van der Waals surface area contributed by atoms with Crippen molar-refractivity contribution in [1.82, 2.24) is 19.7 Å². The maximum Gasteiger partial charge on any atom is 0.254 e. The van der Waals surface area contributed by atoms with Gasteiger partial charge in [-0.3, -0.25) is 9.69 Å². The van der Waals surface area contributed by atoms with Gasteiger partial charge in [0.1, 0.15) is 0 Å². The van der Waals surface area contributed by atoms with E-state index in [4.69, 9.17) is 4.74 Å². The summed E-state index contributed by atoms with van der Waals surface area (Å²) in [4.78, 5) is 23.8. The van der Waals surface area contributed by atoms with Crippen LogP contribution in [0, 0.1) is 0 Å². The van der Waals surface area contributed by atoms with Crippen LogP contribution in [0.5, 0.6) is 0 Å². The van der Waals surface area contributed by atoms with E-state index >= 15 is 0 Å². The van der Waals surface area contributed by atoms with Crippen LogP contribution in [0.4, 0.5) is 0 Å². The lowest BCUT2D eigenvalue weighted by atomic mass is 9.89. The Bertz CT molecular complexity index is 904. The number of fused-ring (bicyclic) bond motifs is 1. The first kappa shape index (κ1) is 21.9. The molecular formula is C26H38N4O2. The van der Waals surface area contributed by atoms with Crippen LogP contribution in [-0.4, -0.2) is 91.2 Å². The van der Waals surface area contributed by atoms with E-state index in [1.54, 1.807) is 7.11 Å². The van der Waals surface area contributed by atoms with Crippen molar-refractivity contribution in [3.63, 3.8) is 0 Å². The third-order valence-electron chi connectivity index (χ3n) is 8.04. The maximum atomic E-state index is 13.2. The van der Waals surface area contributed by atoms with Crippen LogP contribution in [0.2, 0.25) is 0 Å². The zero-order valence-corrected chi connectivity index (χ0v) is 19.5. The summed E-state index contributed by atoms with van der Waals surface area (Å²) in [6.07, 6.45) is 9.96. The van der Waals surface area contributed by atoms with Crippen molar-refractivity contribution in [1.29, 1.82) is 0 Å². The lowest BCUT2D eigenvalue weighted by Crippen LogP contribution is -2.51. The van der Waals surface area contributed by atoms with Gasteiger partial charge in [0, 0.05) is 68.5 Å². The molecule has 1 aliphatic carbocycles. The number of aromatic nitrogens is 1. The van der Waals surface area contributed by atoms with Crippen LogP contribution < -0.4 is 0 Å². The van der Waals surface area contributed by atoms with Crippen LogP contribution in [0.15, 0.2) is 24.4 Å². The number of aromatic amines is 1. The molecule has 5 rings (SSSR count). The molecule has 174 valence electrons. The molecule has 2 saturated heterocycles. The molecule has 1 saturated carbocycles. The van der Waals surface area contributed by atoms with Crippen molar-refractivity contribution in [2.45, 2.75) is 50.5 Å². The minimum Gasteiger partial charge on any atom is -0.383 e. The maximum absolute atomic E-state index is 13.2. The Kier molecular flexibility index (Phi) is 6.81. The molecule has 3 aliphatic rings. The number of hydrogen-bond donors (Lipinski definition) is 1. The van der Waals surface area contributed by atoms with E-state index in [-0.39, 0.29) is 5.91 Å². The number of rotatable bonds is 6. The predicted molar refractivity (Wildman–Crippen MR) is 128 cm³/mol. The Hall–Kier alpha value is -1.89. The van der Waals surface area contributed by atoms with Crippen LogP contribution in [0.25, 0.3) is 10.9 Å². The minimum absolute atomic E-state index is 0.181. The molecule has 6 nitrogen and oxygen atoms in total. The standard InChI is InChI=1S/C26H38N4O2/c1-32-17-16-28-10-8-20(9-11-28)24-19-27-25-18-21(6-7-23(24)25)26(31)30-14-12-29(13-15-30)22-4-2-3-5-22/h6-7,18-20,22,27H,2-5,8-17H2,1H3. The predicted octanol–water partition coefficient (Wildman–Crippen LogP) is 3.69. The molecule has 1 N–H and O–H groups in total. The Morgan fingerprint density at radius 1 is 1.03 bits per heavy atom. The van der Waals surface area contributed by atoms with Gasteiger partial charge in [0.2, 0.25) is 0 Å². The molecule has 6 heteroatoms. The molecule has 0 unspecified atom stereocenters. The van der Waals surface area contributed by atoms with Crippen molar-refractivity contribution in [3.05, 3.63) is 35.5 Å². The number of ether oxygens (including phenoxy) is 1. The van der Waals surface area contributed by atoms with E-state index in [0.717, 1.165) is 69.5 Å². The second-order valence-corrected chi connectivity index (χ2v) is 9.88. The molecule has 1 amide bonds. The SMILES string of the molecule is COCCN1CCC(c2c[nH]c3cc(C(=O)N4CCN(C5CCCC5)CC4)ccc23)CC1. The summed E-state index contributed by atoms with van der Waals surface area (Å²) < 4.78 is 5.22. The summed E-state index contributed by atoms with van der Waals surface area (Å²) >= 11 is 0. The minimum atomic E-state index is 0.181. The van der Waals surface area contributed by atoms with Gasteiger partial charge in [0.25, 0.3) is 5.91 Å². The Balaban J connectivity index is 1.21. The summed E-state index contributed by atoms with van der Waals surface area (Å²) in [6, 6.07) is 7.03. The molecule has 1 aromatic carbocycles. The highest BCUT2D eigenvalue weighted by Crippen LogP contribution is 2.33. The molecule has 2 aromatic rings. The number of benzene rings is 1. The fourth-order valence-electron chi connectivity index (χ4n) is 6.05. The van der Waals surface area contributed by atoms with Crippen LogP contribution in [-0.2, 0) is 4.74 Å². The fourth-order valence-corrected chi connectivity index (χ4v) is 6.05. The monoisotopic (exact) mass is 438 g/mol. The van der Waals surface area contributed by atoms with Gasteiger partial charge in [0.15, 0.2) is 0 Å². The van der Waals surface area contributed by atoms with Crippen molar-refractivity contribution < 1.29 is 9.53 Å². The van der Waals surface area contributed by atoms with Gasteiger partial charge in [-0.25, -0.2) is 0 Å². The zero-order valence-electron chi connectivity index (χ0n) is 19.5. The summed E-state index contributed by atoms with van der Waals surface area (Å²) in [5, 5.41) is 1.28. The van der Waals surface area contributed by atoms with Crippen molar-refractivity contribution >= 4 is 16.8 Å². The molecule has 0 bridgehead atoms. The lowest BCUT2D eigenvalue weighted by molar-refractivity contribution is 0.0573. The number of H-pyrrole nitrogens is 1. The molecular weight excluding hydrogens is 400 g/mol. The van der Waals surface area contributed by atoms with E-state index in [9.17, 15) is 4.79 Å². The number of carbonyl (C=O) groups is 1. The lowest BCUT2D eigenvalue weighted by Gasteiger charge is -2.38. The highest BCUT2D eigenvalue weighted by atomic mass is 16.5. The molecule has 0 spiro atoms. The van der Waals surface area contributed by atoms with E-state index < -0.39 is 0 Å². The highest BCUT2D eigenvalue weighted by molar-refractivity contribution is 5.98. The van der Waals surface area contributed by atoms with E-state index in [1.807, 2.05) is 11.0 Å². The average Bonchev–Trinajstić information content (AvgIpc) is 3.53. The molecule has 0 radical (unpaired) electrons. The largest absolute Gasteiger partial charge is 0.383 e. The van der Waals surface area contributed by atoms with Crippen LogP contribution in [0.3, 0.4) is 0 Å². The second-order valence-electron chi connectivity index (χ2n) is 9.88. The van der Waals surface area contributed by atoms with Gasteiger partial charge in [0.05, 0.1) is 6.61 Å². The smallest absolute Gasteiger partial charge is 0.254 e. The van der Waals surface area contributed by atoms with Crippen molar-refractivity contribution in [2.24, 2.45) is 0 Å². The van der Waals surface area contributed by atoms with Gasteiger partial charge >= 0.3 is 0 Å². The van der Waals surface area contributed by atoms with Crippen LogP contribution in [0.1, 0.15) is 60.4 Å². The molecule has 3 heterocycles. The van der Waals surface area contributed by atoms with Gasteiger partial charge in [-0.2, -0.15) is 0 Å². The molecule has 2 aliphatic heterocycles. The first-order valence-corrected chi connectivity index (χ1v) is 12.6. The molecule has 1 aromatic heterocycles. The Labute approximate surface area is 191 Å². The van der Waals surface area contributed by atoms with E-state index in [1.165, 1.54) is 49.5 Å². The van der Waals surface area contributed by atoms with E-state index in [0.29, 0.717) is 5.92 Å². The average molecular weight is 439 g/mol. The first-order valence-electron chi connectivity index (χ1n) is 12.6. The number of hydrogen-bond acceptors (Lipinski definition) is 4. The topological polar surface area (TPSA) is 51.8 Å². The van der Waals surface area contributed by atoms with Crippen LogP contribution >= 0.6 is 0 Å². The number of piperidine rings is 1. The third kappa shape index (κ3) is 4.59. The van der Waals surface area contributed by atoms with Gasteiger partial charge in [-0.1, -0.05) is 18.9 Å². The Morgan fingerprint density at radius 2 is 1.78 bits per heavy atom. The van der Waals surface area contributed by atoms with Crippen molar-refractivity contribution in [3.8, 4) is 0 Å². The summed E-state index contributed by atoms with van der Waals surface area (Å²) in [7, 11) is 1.77. The number of piperazine rings is 1. The molecule has 3 fully saturated rings. The van der Waals surface area contributed by atoms with Gasteiger partial charge in [-0.15, -0.1) is 0 Å².